The summed E-state index contributed by atoms with van der Waals surface area (Å²) in [7, 11) is 0. The maximum Gasteiger partial charge on any atom is 0.266 e. The molecule has 1 aromatic carbocycles. The van der Waals surface area contributed by atoms with Gasteiger partial charge in [0.15, 0.2) is 17.4 Å². The van der Waals surface area contributed by atoms with Crippen LogP contribution in [-0.2, 0) is 0 Å². The third kappa shape index (κ3) is 3.36. The largest absolute Gasteiger partial charge is 0.461 e. The minimum absolute atomic E-state index is 0.114. The maximum atomic E-state index is 13.7. The van der Waals surface area contributed by atoms with Crippen LogP contribution in [0.3, 0.4) is 0 Å². The number of furan rings is 1. The van der Waals surface area contributed by atoms with Gasteiger partial charge in [0.25, 0.3) is 11.5 Å². The minimum atomic E-state index is -0.658. The van der Waals surface area contributed by atoms with Crippen LogP contribution < -0.4 is 10.9 Å². The highest BCUT2D eigenvalue weighted by atomic mass is 32.1. The first-order valence-corrected chi connectivity index (χ1v) is 9.36. The number of Topliss-reactive ketones (excluding diaryl/α,β-unsaturated/α-hetero) is 1. The van der Waals surface area contributed by atoms with Crippen molar-refractivity contribution in [2.24, 2.45) is 0 Å². The highest BCUT2D eigenvalue weighted by molar-refractivity contribution is 7.20. The van der Waals surface area contributed by atoms with Crippen molar-refractivity contribution in [2.45, 2.75) is 13.8 Å². The Labute approximate surface area is 167 Å². The van der Waals surface area contributed by atoms with Crippen molar-refractivity contribution < 1.29 is 18.4 Å². The molecule has 0 atom stereocenters. The maximum absolute atomic E-state index is 13.7. The monoisotopic (exact) mass is 411 g/mol. The molecule has 4 rings (SSSR count). The average molecular weight is 411 g/mol. The first kappa shape index (κ1) is 18.8. The number of amides is 1. The van der Waals surface area contributed by atoms with Crippen molar-refractivity contribution in [1.82, 2.24) is 9.97 Å². The molecular formula is C20H14FN3O4S. The zero-order valence-electron chi connectivity index (χ0n) is 15.3. The van der Waals surface area contributed by atoms with Gasteiger partial charge in [-0.1, -0.05) is 0 Å². The fourth-order valence-electron chi connectivity index (χ4n) is 2.95. The van der Waals surface area contributed by atoms with Crippen molar-refractivity contribution in [3.05, 3.63) is 68.8 Å². The lowest BCUT2D eigenvalue weighted by atomic mass is 10.1. The number of aromatic nitrogens is 2. The van der Waals surface area contributed by atoms with E-state index in [0.29, 0.717) is 26.4 Å². The van der Waals surface area contributed by atoms with Gasteiger partial charge < -0.3 is 14.7 Å². The van der Waals surface area contributed by atoms with Crippen molar-refractivity contribution >= 4 is 38.9 Å². The van der Waals surface area contributed by atoms with Crippen LogP contribution in [-0.4, -0.2) is 21.7 Å². The smallest absolute Gasteiger partial charge is 0.266 e. The molecule has 0 bridgehead atoms. The first-order valence-electron chi connectivity index (χ1n) is 8.54. The van der Waals surface area contributed by atoms with Crippen molar-refractivity contribution in [3.63, 3.8) is 0 Å². The van der Waals surface area contributed by atoms with E-state index in [1.54, 1.807) is 19.1 Å². The Kier molecular flexibility index (Phi) is 4.59. The summed E-state index contributed by atoms with van der Waals surface area (Å²) >= 11 is 1.06. The molecule has 29 heavy (non-hydrogen) atoms. The molecule has 0 aliphatic carbocycles. The third-order valence-electron chi connectivity index (χ3n) is 4.36. The van der Waals surface area contributed by atoms with Gasteiger partial charge in [0, 0.05) is 5.69 Å². The molecule has 9 heteroatoms. The molecule has 4 aromatic rings. The van der Waals surface area contributed by atoms with Crippen LogP contribution in [0.5, 0.6) is 0 Å². The van der Waals surface area contributed by atoms with Gasteiger partial charge in [0.1, 0.15) is 10.6 Å². The van der Waals surface area contributed by atoms with Crippen LogP contribution in [0.4, 0.5) is 10.1 Å². The lowest BCUT2D eigenvalue weighted by Gasteiger charge is -2.06. The van der Waals surface area contributed by atoms with Crippen molar-refractivity contribution in [1.29, 1.82) is 0 Å². The third-order valence-corrected chi connectivity index (χ3v) is 5.55. The van der Waals surface area contributed by atoms with Crippen molar-refractivity contribution in [3.8, 4) is 11.6 Å². The van der Waals surface area contributed by atoms with Gasteiger partial charge in [-0.15, -0.1) is 11.3 Å². The molecule has 0 saturated heterocycles. The Morgan fingerprint density at radius 1 is 1.28 bits per heavy atom. The highest BCUT2D eigenvalue weighted by Gasteiger charge is 2.21. The van der Waals surface area contributed by atoms with E-state index in [9.17, 15) is 18.8 Å². The second kappa shape index (κ2) is 7.10. The molecule has 1 amide bonds. The summed E-state index contributed by atoms with van der Waals surface area (Å²) in [4.78, 5) is 44.5. The lowest BCUT2D eigenvalue weighted by Crippen LogP contribution is -2.13. The summed E-state index contributed by atoms with van der Waals surface area (Å²) in [6, 6.07) is 7.10. The van der Waals surface area contributed by atoms with Gasteiger partial charge in [-0.25, -0.2) is 9.37 Å². The second-order valence-corrected chi connectivity index (χ2v) is 7.33. The molecule has 0 aliphatic heterocycles. The normalized spacial score (nSPS) is 11.0. The van der Waals surface area contributed by atoms with Crippen molar-refractivity contribution in [2.75, 3.05) is 5.32 Å². The molecule has 7 nitrogen and oxygen atoms in total. The standard InChI is InChI=1S/C20H14FN3O4S/c1-9-15-18(26)23-17(14-4-3-7-28-14)24-20(15)29-16(9)19(27)22-11-5-6-13(21)12(8-11)10(2)25/h3-8H,1-2H3,(H,22,27)(H,23,24,26). The zero-order chi connectivity index (χ0) is 20.7. The molecule has 0 fully saturated rings. The second-order valence-electron chi connectivity index (χ2n) is 6.33. The van der Waals surface area contributed by atoms with E-state index >= 15 is 0 Å². The number of aromatic amines is 1. The number of rotatable bonds is 4. The van der Waals surface area contributed by atoms with E-state index in [0.717, 1.165) is 17.4 Å². The molecule has 0 aliphatic rings. The van der Waals surface area contributed by atoms with E-state index in [1.165, 1.54) is 25.3 Å². The Balaban J connectivity index is 1.72. The average Bonchev–Trinajstić information content (AvgIpc) is 3.31. The number of carbonyl (C=O) groups is 2. The predicted molar refractivity (Wildman–Crippen MR) is 107 cm³/mol. The van der Waals surface area contributed by atoms with Gasteiger partial charge in [0.2, 0.25) is 0 Å². The highest BCUT2D eigenvalue weighted by Crippen LogP contribution is 2.29. The number of H-pyrrole nitrogens is 1. The molecule has 0 saturated carbocycles. The van der Waals surface area contributed by atoms with E-state index in [-0.39, 0.29) is 22.6 Å². The van der Waals surface area contributed by atoms with E-state index in [4.69, 9.17) is 4.42 Å². The van der Waals surface area contributed by atoms with Crippen LogP contribution in [0, 0.1) is 12.7 Å². The SMILES string of the molecule is CC(=O)c1cc(NC(=O)c2sc3nc(-c4ccco4)[nH]c(=O)c3c2C)ccc1F. The van der Waals surface area contributed by atoms with Gasteiger partial charge in [-0.3, -0.25) is 14.4 Å². The zero-order valence-corrected chi connectivity index (χ0v) is 16.1. The molecular weight excluding hydrogens is 397 g/mol. The Bertz CT molecular complexity index is 1320. The first-order chi connectivity index (χ1) is 13.8. The summed E-state index contributed by atoms with van der Waals surface area (Å²) < 4.78 is 19.0. The number of anilines is 1. The Hall–Kier alpha value is -3.59. The quantitative estimate of drug-likeness (QED) is 0.491. The van der Waals surface area contributed by atoms with Crippen LogP contribution >= 0.6 is 11.3 Å². The van der Waals surface area contributed by atoms with Crippen LogP contribution in [0.1, 0.15) is 32.5 Å². The molecule has 0 radical (unpaired) electrons. The number of thiophene rings is 1. The Morgan fingerprint density at radius 3 is 2.76 bits per heavy atom. The number of hydrogen-bond donors (Lipinski definition) is 2. The van der Waals surface area contributed by atoms with Gasteiger partial charge >= 0.3 is 0 Å². The number of carbonyl (C=O) groups excluding carboxylic acids is 2. The molecule has 3 aromatic heterocycles. The Morgan fingerprint density at radius 2 is 2.07 bits per heavy atom. The van der Waals surface area contributed by atoms with Crippen LogP contribution in [0.2, 0.25) is 0 Å². The molecule has 0 spiro atoms. The topological polar surface area (TPSA) is 105 Å². The molecule has 3 heterocycles. The number of nitrogens with zero attached hydrogens (tertiary/aromatic N) is 1. The van der Waals surface area contributed by atoms with E-state index in [2.05, 4.69) is 15.3 Å². The fourth-order valence-corrected chi connectivity index (χ4v) is 4.03. The van der Waals surface area contributed by atoms with Gasteiger partial charge in [-0.05, 0) is 49.7 Å². The summed E-state index contributed by atoms with van der Waals surface area (Å²) in [5, 5.41) is 2.96. The minimum Gasteiger partial charge on any atom is -0.461 e. The lowest BCUT2D eigenvalue weighted by molar-refractivity contribution is 0.100. The fraction of sp³-hybridized carbons (Fsp3) is 0.100. The van der Waals surface area contributed by atoms with Crippen LogP contribution in [0.25, 0.3) is 21.8 Å². The number of hydrogen-bond acceptors (Lipinski definition) is 6. The summed E-state index contributed by atoms with van der Waals surface area (Å²) in [6.45, 7) is 2.90. The molecule has 146 valence electrons. The molecule has 0 unspecified atom stereocenters. The number of nitrogens with one attached hydrogen (secondary N) is 2. The number of halogens is 1. The van der Waals surface area contributed by atoms with E-state index < -0.39 is 17.5 Å². The van der Waals surface area contributed by atoms with Gasteiger partial charge in [0.05, 0.1) is 22.1 Å². The summed E-state index contributed by atoms with van der Waals surface area (Å²) in [5.74, 6) is -0.910. The van der Waals surface area contributed by atoms with Crippen LogP contribution in [0.15, 0.2) is 45.8 Å². The number of ketones is 1. The number of fused-ring (bicyclic) bond motifs is 1. The summed E-state index contributed by atoms with van der Waals surface area (Å²) in [5.41, 5.74) is 0.264. The molecule has 2 N–H and O–H groups in total. The predicted octanol–water partition coefficient (Wildman–Crippen LogP) is 4.15. The summed E-state index contributed by atoms with van der Waals surface area (Å²) in [6.07, 6.45) is 1.47. The van der Waals surface area contributed by atoms with E-state index in [1.807, 2.05) is 0 Å². The number of benzene rings is 1. The van der Waals surface area contributed by atoms with Gasteiger partial charge in [-0.2, -0.15) is 0 Å². The number of aryl methyl sites for hydroxylation is 1.